The van der Waals surface area contributed by atoms with Crippen LogP contribution in [0.15, 0.2) is 24.3 Å². The number of nitrogens with zero attached hydrogens (tertiary/aromatic N) is 1. The molecule has 0 amide bonds. The van der Waals surface area contributed by atoms with E-state index in [0.717, 1.165) is 25.7 Å². The van der Waals surface area contributed by atoms with Crippen molar-refractivity contribution in [2.75, 3.05) is 40.7 Å². The highest BCUT2D eigenvalue weighted by atomic mass is 131. The highest BCUT2D eigenvalue weighted by Gasteiger charge is 2.12. The van der Waals surface area contributed by atoms with Crippen LogP contribution in [0.1, 0.15) is 121 Å². The van der Waals surface area contributed by atoms with Crippen molar-refractivity contribution < 1.29 is 35.3 Å². The number of likely N-dealkylation sites (N-methyl/N-ethyl adjacent to an activating group) is 1. The van der Waals surface area contributed by atoms with Crippen LogP contribution >= 0.6 is 30.4 Å². The molecule has 0 bridgehead atoms. The van der Waals surface area contributed by atoms with Crippen LogP contribution in [-0.2, 0) is 20.0 Å². The number of benzene rings is 1. The normalized spacial score (nSPS) is 18.4. The third kappa shape index (κ3) is 22.0. The first-order chi connectivity index (χ1) is 20.9. The van der Waals surface area contributed by atoms with Crippen molar-refractivity contribution in [2.24, 2.45) is 0 Å². The molecule has 1 atom stereocenters. The minimum Gasteiger partial charge on any atom is -0.756 e. The Kier molecular flexibility index (Phi) is 12.7. The van der Waals surface area contributed by atoms with Gasteiger partial charge in [0.2, 0.25) is 0 Å². The molecule has 0 heterocycles. The lowest BCUT2D eigenvalue weighted by Crippen LogP contribution is -2.37. The van der Waals surface area contributed by atoms with Crippen molar-refractivity contribution in [2.45, 2.75) is 109 Å². The zero-order valence-electron chi connectivity index (χ0n) is 30.9. The van der Waals surface area contributed by atoms with E-state index in [4.69, 9.17) is 16.9 Å². The van der Waals surface area contributed by atoms with Gasteiger partial charge in [0.1, 0.15) is 13.2 Å². The number of rotatable bonds is 24. The van der Waals surface area contributed by atoms with Gasteiger partial charge < -0.3 is 18.4 Å². The molecule has 36 heavy (non-hydrogen) atoms. The van der Waals surface area contributed by atoms with Crippen LogP contribution in [0.5, 0.6) is 0 Å². The predicted octanol–water partition coefficient (Wildman–Crippen LogP) is 8.28. The summed E-state index contributed by atoms with van der Waals surface area (Å²) in [4.78, 5) is 12.0. The molecule has 0 aliphatic rings. The second kappa shape index (κ2) is 20.9. The number of unbranched alkanes of at least 4 members (excludes halogenated alkanes) is 15. The van der Waals surface area contributed by atoms with Gasteiger partial charge in [-0.15, -0.1) is 0 Å². The molecule has 7 heteroatoms. The first-order valence-corrected chi connectivity index (χ1v) is 16.2. The van der Waals surface area contributed by atoms with E-state index in [1.807, 2.05) is 0 Å². The molecule has 1 rings (SSSR count). The van der Waals surface area contributed by atoms with Gasteiger partial charge in [0.25, 0.3) is 7.82 Å². The molecule has 1 aromatic carbocycles. The summed E-state index contributed by atoms with van der Waals surface area (Å²) in [5, 5.41) is 0. The van der Waals surface area contributed by atoms with Gasteiger partial charge in [-0.25, -0.2) is 0 Å². The van der Waals surface area contributed by atoms with Gasteiger partial charge in [-0.3, -0.25) is 4.57 Å². The number of aryl methyl sites for hydroxylation is 1. The Hall–Kier alpha value is 0.0200. The van der Waals surface area contributed by atoms with Crippen molar-refractivity contribution in [3.05, 3.63) is 33.4 Å². The van der Waals surface area contributed by atoms with Gasteiger partial charge in [0.05, 0.1) is 39.9 Å². The van der Waals surface area contributed by atoms with Crippen molar-refractivity contribution in [3.63, 3.8) is 0 Å². The zero-order valence-corrected chi connectivity index (χ0v) is 24.9. The van der Waals surface area contributed by atoms with Crippen LogP contribution in [-0.4, -0.2) is 45.2 Å². The predicted molar refractivity (Wildman–Crippen MR) is 159 cm³/mol. The third-order valence-electron chi connectivity index (χ3n) is 6.20. The maximum absolute atomic E-state index is 12.0. The number of hydrogen-bond acceptors (Lipinski definition) is 4. The van der Waals surface area contributed by atoms with E-state index in [1.165, 1.54) is 86.2 Å². The van der Waals surface area contributed by atoms with E-state index in [0.29, 0.717) is 6.42 Å². The van der Waals surface area contributed by atoms with E-state index in [-0.39, 0.29) is 6.61 Å². The summed E-state index contributed by atoms with van der Waals surface area (Å²) in [7, 11) is -4.85. The summed E-state index contributed by atoms with van der Waals surface area (Å²) in [5.41, 5.74) is 1.44. The standard InChI is InChI=1S/C29H53INO4P/c1-31(2,3)25-27-35-36(32,33)34-26-19-17-15-13-11-9-7-5-4-6-8-10-12-14-16-18-20-28-21-23-29(30)24-22-28/h21-24H,4-20,25-27H2,1-3H3/i1D3,2D3,3D3,30+4. The molecule has 0 aromatic heterocycles. The van der Waals surface area contributed by atoms with E-state index in [2.05, 4.69) is 51.4 Å². The van der Waals surface area contributed by atoms with Gasteiger partial charge in [-0.05, 0) is 59.5 Å². The maximum atomic E-state index is 12.0. The molecule has 0 saturated heterocycles. The zero-order chi connectivity index (χ0) is 34.0. The van der Waals surface area contributed by atoms with E-state index < -0.39 is 46.4 Å². The third-order valence-corrected chi connectivity index (χ3v) is 7.92. The van der Waals surface area contributed by atoms with E-state index in [1.54, 1.807) is 0 Å². The lowest BCUT2D eigenvalue weighted by atomic mass is 10.0. The molecular weight excluding hydrogens is 588 g/mol. The van der Waals surface area contributed by atoms with Crippen LogP contribution < -0.4 is 4.89 Å². The molecule has 0 aliphatic carbocycles. The fourth-order valence-corrected chi connectivity index (χ4v) is 5.15. The van der Waals surface area contributed by atoms with Crippen LogP contribution in [0.4, 0.5) is 0 Å². The molecule has 5 nitrogen and oxygen atoms in total. The molecule has 210 valence electrons. The monoisotopic (exact) mass is 650 g/mol. The number of quaternary nitrogens is 1. The van der Waals surface area contributed by atoms with Crippen molar-refractivity contribution in [1.29, 1.82) is 0 Å². The van der Waals surface area contributed by atoms with Gasteiger partial charge >= 0.3 is 0 Å². The van der Waals surface area contributed by atoms with Crippen molar-refractivity contribution in [3.8, 4) is 0 Å². The SMILES string of the molecule is [2H]C([2H])([2H])[N+](CCOP(=O)([O-])OCCCCCCCCCCCCCCCCCCc1ccc([131I])cc1)(C([2H])([2H])[2H])C([2H])([2H])[2H]. The molecule has 0 radical (unpaired) electrons. The Morgan fingerprint density at radius 2 is 1.14 bits per heavy atom. The summed E-state index contributed by atoms with van der Waals surface area (Å²) >= 11 is 2.34. The lowest BCUT2D eigenvalue weighted by molar-refractivity contribution is -0.870. The Morgan fingerprint density at radius 3 is 1.61 bits per heavy atom. The highest BCUT2D eigenvalue weighted by molar-refractivity contribution is 14.1. The largest absolute Gasteiger partial charge is 0.756 e. The molecular formula is C29H53INO4P. The Bertz CT molecular complexity index is 940. The summed E-state index contributed by atoms with van der Waals surface area (Å²) in [6.07, 6.45) is 19.8. The second-order valence-corrected chi connectivity index (χ2v) is 12.3. The topological polar surface area (TPSA) is 58.6 Å². The van der Waals surface area contributed by atoms with Gasteiger partial charge in [0, 0.05) is 3.57 Å². The summed E-state index contributed by atoms with van der Waals surface area (Å²) in [6.45, 7) is -12.5. The van der Waals surface area contributed by atoms with Gasteiger partial charge in [-0.1, -0.05) is 102 Å². The molecule has 0 N–H and O–H groups in total. The minimum absolute atomic E-state index is 0.119. The summed E-state index contributed by atoms with van der Waals surface area (Å²) < 4.78 is 88.4. The van der Waals surface area contributed by atoms with Crippen LogP contribution in [0.3, 0.4) is 0 Å². The quantitative estimate of drug-likeness (QED) is 0.0489. The average molecular weight is 651 g/mol. The Morgan fingerprint density at radius 1 is 0.722 bits per heavy atom. The van der Waals surface area contributed by atoms with E-state index in [9.17, 15) is 9.46 Å². The van der Waals surface area contributed by atoms with Crippen LogP contribution in [0.25, 0.3) is 0 Å². The van der Waals surface area contributed by atoms with Gasteiger partial charge in [0.15, 0.2) is 0 Å². The summed E-state index contributed by atoms with van der Waals surface area (Å²) in [5.74, 6) is 0. The summed E-state index contributed by atoms with van der Waals surface area (Å²) in [6, 6.07) is 8.82. The van der Waals surface area contributed by atoms with Crippen molar-refractivity contribution >= 4 is 30.4 Å². The Labute approximate surface area is 248 Å². The number of phosphoric ester groups is 1. The first kappa shape index (κ1) is 21.8. The maximum Gasteiger partial charge on any atom is 0.268 e. The average Bonchev–Trinajstić information content (AvgIpc) is 2.91. The van der Waals surface area contributed by atoms with Crippen molar-refractivity contribution in [1.82, 2.24) is 0 Å². The Balaban J connectivity index is 2.01. The van der Waals surface area contributed by atoms with Crippen LogP contribution in [0, 0.1) is 3.57 Å². The molecule has 0 spiro atoms. The smallest absolute Gasteiger partial charge is 0.268 e. The fraction of sp³-hybridized carbons (Fsp3) is 0.793. The lowest BCUT2D eigenvalue weighted by Gasteiger charge is -2.27. The number of halogens is 1. The minimum atomic E-state index is -4.85. The second-order valence-electron chi connectivity index (χ2n) is 9.68. The van der Waals surface area contributed by atoms with E-state index >= 15 is 0 Å². The van der Waals surface area contributed by atoms with Crippen LogP contribution in [0.2, 0.25) is 0 Å². The van der Waals surface area contributed by atoms with Gasteiger partial charge in [-0.2, -0.15) is 0 Å². The molecule has 1 aromatic rings. The fourth-order valence-electron chi connectivity index (χ4n) is 4.06. The highest BCUT2D eigenvalue weighted by Crippen LogP contribution is 2.38. The first-order valence-electron chi connectivity index (χ1n) is 18.2. The molecule has 0 aliphatic heterocycles. The molecule has 0 saturated carbocycles. The number of phosphoric acid groups is 1. The number of hydrogen-bond donors (Lipinski definition) is 0. The molecule has 1 unspecified atom stereocenters. The molecule has 0 fully saturated rings.